The molecule has 0 unspecified atom stereocenters. The lowest BCUT2D eigenvalue weighted by atomic mass is 9.97. The summed E-state index contributed by atoms with van der Waals surface area (Å²) < 4.78 is 5.70. The number of rotatable bonds is 7. The number of benzene rings is 1. The zero-order chi connectivity index (χ0) is 14.2. The summed E-state index contributed by atoms with van der Waals surface area (Å²) in [5.74, 6) is 1.85. The Balaban J connectivity index is 1.81. The molecule has 1 fully saturated rings. The maximum absolute atomic E-state index is 5.70. The first kappa shape index (κ1) is 15.3. The van der Waals surface area contributed by atoms with Crippen molar-refractivity contribution >= 4 is 0 Å². The topological polar surface area (TPSA) is 24.5 Å². The first-order valence-corrected chi connectivity index (χ1v) is 7.89. The Bertz CT molecular complexity index is 388. The van der Waals surface area contributed by atoms with E-state index in [-0.39, 0.29) is 0 Å². The second kappa shape index (κ2) is 8.28. The van der Waals surface area contributed by atoms with Crippen molar-refractivity contribution in [2.75, 3.05) is 33.3 Å². The minimum atomic E-state index is 0.800. The van der Waals surface area contributed by atoms with Crippen LogP contribution in [0.4, 0.5) is 0 Å². The van der Waals surface area contributed by atoms with Crippen LogP contribution >= 0.6 is 0 Å². The van der Waals surface area contributed by atoms with Crippen LogP contribution in [0.3, 0.4) is 0 Å². The monoisotopic (exact) mass is 276 g/mol. The van der Waals surface area contributed by atoms with E-state index in [4.69, 9.17) is 4.74 Å². The predicted molar refractivity (Wildman–Crippen MR) is 84.2 cm³/mol. The maximum atomic E-state index is 5.70. The molecule has 0 bridgehead atoms. The van der Waals surface area contributed by atoms with Crippen LogP contribution in [0.5, 0.6) is 5.75 Å². The Morgan fingerprint density at radius 1 is 1.30 bits per heavy atom. The highest BCUT2D eigenvalue weighted by Gasteiger charge is 2.15. The minimum absolute atomic E-state index is 0.800. The van der Waals surface area contributed by atoms with Crippen molar-refractivity contribution in [3.63, 3.8) is 0 Å². The molecule has 0 spiro atoms. The molecule has 0 amide bonds. The lowest BCUT2D eigenvalue weighted by molar-refractivity contribution is 0.234. The van der Waals surface area contributed by atoms with Crippen LogP contribution in [0.25, 0.3) is 0 Å². The molecular weight excluding hydrogens is 248 g/mol. The van der Waals surface area contributed by atoms with Crippen LogP contribution < -0.4 is 10.1 Å². The largest absolute Gasteiger partial charge is 0.494 e. The van der Waals surface area contributed by atoms with E-state index in [2.05, 4.69) is 42.4 Å². The Morgan fingerprint density at radius 3 is 2.85 bits per heavy atom. The lowest BCUT2D eigenvalue weighted by Gasteiger charge is -2.27. The molecule has 2 rings (SSSR count). The van der Waals surface area contributed by atoms with Crippen LogP contribution in [0.2, 0.25) is 0 Å². The van der Waals surface area contributed by atoms with Crippen molar-refractivity contribution in [1.82, 2.24) is 10.2 Å². The molecule has 1 aliphatic heterocycles. The second-order valence-corrected chi connectivity index (χ2v) is 5.89. The van der Waals surface area contributed by atoms with E-state index < -0.39 is 0 Å². The summed E-state index contributed by atoms with van der Waals surface area (Å²) in [6.45, 7) is 7.50. The van der Waals surface area contributed by atoms with E-state index in [9.17, 15) is 0 Å². The first-order valence-electron chi connectivity index (χ1n) is 7.89. The van der Waals surface area contributed by atoms with E-state index in [1.54, 1.807) is 0 Å². The van der Waals surface area contributed by atoms with Crippen molar-refractivity contribution in [3.8, 4) is 5.75 Å². The number of hydrogen-bond acceptors (Lipinski definition) is 3. The van der Waals surface area contributed by atoms with Crippen molar-refractivity contribution < 1.29 is 4.74 Å². The molecule has 0 radical (unpaired) electrons. The second-order valence-electron chi connectivity index (χ2n) is 5.89. The van der Waals surface area contributed by atoms with Gasteiger partial charge in [0.15, 0.2) is 0 Å². The summed E-state index contributed by atoms with van der Waals surface area (Å²) in [6, 6.07) is 8.51. The fourth-order valence-corrected chi connectivity index (χ4v) is 2.83. The third-order valence-electron chi connectivity index (χ3n) is 3.85. The van der Waals surface area contributed by atoms with Crippen molar-refractivity contribution in [1.29, 1.82) is 0 Å². The Labute approximate surface area is 123 Å². The van der Waals surface area contributed by atoms with Crippen LogP contribution in [-0.2, 0) is 6.54 Å². The van der Waals surface area contributed by atoms with E-state index in [1.165, 1.54) is 38.0 Å². The summed E-state index contributed by atoms with van der Waals surface area (Å²) >= 11 is 0. The van der Waals surface area contributed by atoms with Crippen LogP contribution in [0.1, 0.15) is 31.7 Å². The summed E-state index contributed by atoms with van der Waals surface area (Å²) in [5, 5.41) is 3.43. The van der Waals surface area contributed by atoms with Crippen LogP contribution in [0.15, 0.2) is 24.3 Å². The predicted octanol–water partition coefficient (Wildman–Crippen LogP) is 2.91. The van der Waals surface area contributed by atoms with Crippen molar-refractivity contribution in [3.05, 3.63) is 29.8 Å². The van der Waals surface area contributed by atoms with Gasteiger partial charge in [0.2, 0.25) is 0 Å². The molecule has 1 heterocycles. The Morgan fingerprint density at radius 2 is 2.10 bits per heavy atom. The molecule has 112 valence electrons. The van der Waals surface area contributed by atoms with Crippen LogP contribution in [-0.4, -0.2) is 38.2 Å². The molecule has 0 saturated carbocycles. The number of hydrogen-bond donors (Lipinski definition) is 1. The molecule has 0 aliphatic carbocycles. The van der Waals surface area contributed by atoms with Crippen LogP contribution in [0, 0.1) is 5.92 Å². The molecule has 20 heavy (non-hydrogen) atoms. The number of nitrogens with zero attached hydrogens (tertiary/aromatic N) is 1. The van der Waals surface area contributed by atoms with E-state index >= 15 is 0 Å². The fourth-order valence-electron chi connectivity index (χ4n) is 2.83. The zero-order valence-electron chi connectivity index (χ0n) is 12.9. The smallest absolute Gasteiger partial charge is 0.119 e. The van der Waals surface area contributed by atoms with Gasteiger partial charge in [-0.2, -0.15) is 0 Å². The Hall–Kier alpha value is -1.06. The van der Waals surface area contributed by atoms with Gasteiger partial charge >= 0.3 is 0 Å². The molecule has 3 heteroatoms. The van der Waals surface area contributed by atoms with Gasteiger partial charge < -0.3 is 15.0 Å². The Kier molecular flexibility index (Phi) is 6.34. The summed E-state index contributed by atoms with van der Waals surface area (Å²) in [6.07, 6.45) is 3.67. The molecule has 1 N–H and O–H groups in total. The van der Waals surface area contributed by atoms with Crippen molar-refractivity contribution in [2.24, 2.45) is 5.92 Å². The zero-order valence-corrected chi connectivity index (χ0v) is 12.9. The van der Waals surface area contributed by atoms with Gasteiger partial charge in [0.25, 0.3) is 0 Å². The average molecular weight is 276 g/mol. The summed E-state index contributed by atoms with van der Waals surface area (Å²) in [4.78, 5) is 2.44. The average Bonchev–Trinajstić information content (AvgIpc) is 2.46. The van der Waals surface area contributed by atoms with Gasteiger partial charge in [-0.3, -0.25) is 0 Å². The highest BCUT2D eigenvalue weighted by atomic mass is 16.5. The molecule has 0 aromatic heterocycles. The summed E-state index contributed by atoms with van der Waals surface area (Å²) in [5.41, 5.74) is 1.34. The number of piperidine rings is 1. The number of ether oxygens (including phenoxy) is 1. The van der Waals surface area contributed by atoms with Gasteiger partial charge in [0.1, 0.15) is 5.75 Å². The van der Waals surface area contributed by atoms with Gasteiger partial charge in [0, 0.05) is 13.1 Å². The quantitative estimate of drug-likeness (QED) is 0.829. The molecule has 3 nitrogen and oxygen atoms in total. The van der Waals surface area contributed by atoms with Gasteiger partial charge in [-0.15, -0.1) is 0 Å². The van der Waals surface area contributed by atoms with Gasteiger partial charge in [-0.05, 0) is 63.0 Å². The van der Waals surface area contributed by atoms with Crippen molar-refractivity contribution in [2.45, 2.75) is 32.7 Å². The summed E-state index contributed by atoms with van der Waals surface area (Å²) in [7, 11) is 2.22. The van der Waals surface area contributed by atoms with E-state index in [1.807, 2.05) is 6.07 Å². The fraction of sp³-hybridized carbons (Fsp3) is 0.647. The van der Waals surface area contributed by atoms with Gasteiger partial charge in [-0.1, -0.05) is 19.1 Å². The molecule has 1 saturated heterocycles. The van der Waals surface area contributed by atoms with E-state index in [0.29, 0.717) is 0 Å². The lowest BCUT2D eigenvalue weighted by Crippen LogP contribution is -2.34. The van der Waals surface area contributed by atoms with Gasteiger partial charge in [0.05, 0.1) is 6.61 Å². The number of nitrogens with one attached hydrogen (secondary N) is 1. The van der Waals surface area contributed by atoms with E-state index in [0.717, 1.165) is 31.2 Å². The maximum Gasteiger partial charge on any atom is 0.119 e. The SMILES string of the molecule is CCCOc1cccc(CN(C)CC2CCNCC2)c1. The normalized spacial score (nSPS) is 16.6. The molecular formula is C17H28N2O. The molecule has 1 aromatic carbocycles. The minimum Gasteiger partial charge on any atom is -0.494 e. The third-order valence-corrected chi connectivity index (χ3v) is 3.85. The third kappa shape index (κ3) is 5.14. The standard InChI is InChI=1S/C17H28N2O/c1-3-11-20-17-6-4-5-16(12-17)14-19(2)13-15-7-9-18-10-8-15/h4-6,12,15,18H,3,7-11,13-14H2,1-2H3. The highest BCUT2D eigenvalue weighted by molar-refractivity contribution is 5.28. The molecule has 1 aromatic rings. The highest BCUT2D eigenvalue weighted by Crippen LogP contribution is 2.17. The van der Waals surface area contributed by atoms with Gasteiger partial charge in [-0.25, -0.2) is 0 Å². The first-order chi connectivity index (χ1) is 9.78. The molecule has 0 atom stereocenters. The molecule has 1 aliphatic rings.